The Labute approximate surface area is 126 Å². The number of aliphatic hydroxyl groups excluding tert-OH is 1. The van der Waals surface area contributed by atoms with E-state index in [4.69, 9.17) is 0 Å². The number of carbonyl (C=O) groups is 2. The highest BCUT2D eigenvalue weighted by Gasteiger charge is 2.35. The van der Waals surface area contributed by atoms with E-state index >= 15 is 0 Å². The van der Waals surface area contributed by atoms with Crippen molar-refractivity contribution >= 4 is 11.8 Å². The molecule has 1 saturated carbocycles. The normalized spacial score (nSPS) is 30.7. The number of carbonyl (C=O) groups excluding carboxylic acids is 2. The average Bonchev–Trinajstić information content (AvgIpc) is 2.91. The Balaban J connectivity index is 1.90. The fraction of sp³-hybridized carbons (Fsp3) is 0.867. The lowest BCUT2D eigenvalue weighted by atomic mass is 10.0. The summed E-state index contributed by atoms with van der Waals surface area (Å²) in [6, 6.07) is -0.0552. The monoisotopic (exact) mass is 297 g/mol. The predicted octanol–water partition coefficient (Wildman–Crippen LogP) is 0.00660. The molecule has 1 saturated heterocycles. The van der Waals surface area contributed by atoms with Crippen molar-refractivity contribution in [2.75, 3.05) is 19.6 Å². The topological polar surface area (TPSA) is 81.7 Å². The lowest BCUT2D eigenvalue weighted by Gasteiger charge is -2.34. The number of amides is 2. The van der Waals surface area contributed by atoms with Crippen LogP contribution < -0.4 is 10.6 Å². The lowest BCUT2D eigenvalue weighted by molar-refractivity contribution is -0.126. The molecule has 0 spiro atoms. The molecule has 6 heteroatoms. The highest BCUT2D eigenvalue weighted by Crippen LogP contribution is 2.25. The van der Waals surface area contributed by atoms with Gasteiger partial charge >= 0.3 is 0 Å². The first kappa shape index (κ1) is 16.2. The second kappa shape index (κ2) is 7.75. The number of nitrogens with one attached hydrogen (secondary N) is 2. The number of rotatable bonds is 4. The van der Waals surface area contributed by atoms with Gasteiger partial charge in [0.05, 0.1) is 18.7 Å². The molecular formula is C15H27N3O3. The summed E-state index contributed by atoms with van der Waals surface area (Å²) >= 11 is 0. The standard InChI is InChI=1S/C15H27N3O3/c1-11(19)16-10-14(20)17-12-6-2-3-7-13(15(12)21)18-8-4-5-9-18/h12-13,15,21H,2-10H2,1H3,(H,16,19)(H,17,20)/t12-,13-,15-/m1/s1. The molecule has 2 fully saturated rings. The van der Waals surface area contributed by atoms with Gasteiger partial charge in [0.1, 0.15) is 0 Å². The maximum Gasteiger partial charge on any atom is 0.239 e. The van der Waals surface area contributed by atoms with Crippen LogP contribution in [0.5, 0.6) is 0 Å². The Morgan fingerprint density at radius 1 is 1.14 bits per heavy atom. The van der Waals surface area contributed by atoms with E-state index in [1.165, 1.54) is 19.8 Å². The van der Waals surface area contributed by atoms with Gasteiger partial charge in [0.25, 0.3) is 0 Å². The third kappa shape index (κ3) is 4.68. The van der Waals surface area contributed by atoms with E-state index in [-0.39, 0.29) is 30.4 Å². The summed E-state index contributed by atoms with van der Waals surface area (Å²) in [6.45, 7) is 3.46. The molecule has 3 N–H and O–H groups in total. The molecule has 0 radical (unpaired) electrons. The van der Waals surface area contributed by atoms with E-state index in [9.17, 15) is 14.7 Å². The number of hydrogen-bond donors (Lipinski definition) is 3. The van der Waals surface area contributed by atoms with Gasteiger partial charge in [-0.1, -0.05) is 12.8 Å². The minimum Gasteiger partial charge on any atom is -0.389 e. The summed E-state index contributed by atoms with van der Waals surface area (Å²) in [5, 5.41) is 16.0. The summed E-state index contributed by atoms with van der Waals surface area (Å²) in [6.07, 6.45) is 5.79. The van der Waals surface area contributed by atoms with Gasteiger partial charge in [-0.2, -0.15) is 0 Å². The largest absolute Gasteiger partial charge is 0.389 e. The van der Waals surface area contributed by atoms with Crippen LogP contribution in [0.15, 0.2) is 0 Å². The zero-order chi connectivity index (χ0) is 15.2. The summed E-state index contributed by atoms with van der Waals surface area (Å²) < 4.78 is 0. The van der Waals surface area contributed by atoms with Crippen molar-refractivity contribution < 1.29 is 14.7 Å². The van der Waals surface area contributed by atoms with Crippen LogP contribution in [0, 0.1) is 0 Å². The first-order valence-electron chi connectivity index (χ1n) is 8.04. The van der Waals surface area contributed by atoms with Gasteiger partial charge in [-0.15, -0.1) is 0 Å². The zero-order valence-corrected chi connectivity index (χ0v) is 12.8. The number of nitrogens with zero attached hydrogens (tertiary/aromatic N) is 1. The van der Waals surface area contributed by atoms with E-state index in [1.54, 1.807) is 0 Å². The highest BCUT2D eigenvalue weighted by molar-refractivity contribution is 5.83. The molecule has 0 unspecified atom stereocenters. The summed E-state index contributed by atoms with van der Waals surface area (Å²) in [4.78, 5) is 25.1. The average molecular weight is 297 g/mol. The molecule has 21 heavy (non-hydrogen) atoms. The van der Waals surface area contributed by atoms with Crippen LogP contribution in [0.25, 0.3) is 0 Å². The summed E-state index contributed by atoms with van der Waals surface area (Å²) in [5.74, 6) is -0.446. The molecule has 0 aromatic heterocycles. The van der Waals surface area contributed by atoms with Crippen LogP contribution in [0.3, 0.4) is 0 Å². The molecule has 3 atom stereocenters. The van der Waals surface area contributed by atoms with Gasteiger partial charge in [0.15, 0.2) is 0 Å². The Kier molecular flexibility index (Phi) is 5.99. The van der Waals surface area contributed by atoms with Crippen molar-refractivity contribution in [1.29, 1.82) is 0 Å². The van der Waals surface area contributed by atoms with Crippen molar-refractivity contribution in [2.24, 2.45) is 0 Å². The molecule has 120 valence electrons. The molecule has 0 aromatic rings. The smallest absolute Gasteiger partial charge is 0.239 e. The molecule has 1 aliphatic carbocycles. The molecular weight excluding hydrogens is 270 g/mol. The van der Waals surface area contributed by atoms with Crippen LogP contribution in [0.2, 0.25) is 0 Å². The van der Waals surface area contributed by atoms with E-state index in [0.717, 1.165) is 38.8 Å². The molecule has 0 bridgehead atoms. The second-order valence-electron chi connectivity index (χ2n) is 6.17. The van der Waals surface area contributed by atoms with Gasteiger partial charge in [-0.05, 0) is 38.8 Å². The Hall–Kier alpha value is -1.14. The maximum absolute atomic E-state index is 11.9. The van der Waals surface area contributed by atoms with Crippen LogP contribution in [0.1, 0.15) is 45.4 Å². The SMILES string of the molecule is CC(=O)NCC(=O)N[C@@H]1CCCC[C@@H](N2CCCC2)[C@@H]1O. The quantitative estimate of drug-likeness (QED) is 0.638. The van der Waals surface area contributed by atoms with Gasteiger partial charge in [0.2, 0.25) is 11.8 Å². The Morgan fingerprint density at radius 3 is 2.48 bits per heavy atom. The Morgan fingerprint density at radius 2 is 1.81 bits per heavy atom. The van der Waals surface area contributed by atoms with E-state index < -0.39 is 6.10 Å². The van der Waals surface area contributed by atoms with Gasteiger partial charge in [-0.3, -0.25) is 14.5 Å². The minimum absolute atomic E-state index is 0.0209. The molecule has 2 amide bonds. The van der Waals surface area contributed by atoms with Crippen molar-refractivity contribution in [1.82, 2.24) is 15.5 Å². The summed E-state index contributed by atoms with van der Waals surface area (Å²) in [5.41, 5.74) is 0. The second-order valence-corrected chi connectivity index (χ2v) is 6.17. The van der Waals surface area contributed by atoms with E-state index in [1.807, 2.05) is 0 Å². The molecule has 2 rings (SSSR count). The van der Waals surface area contributed by atoms with Crippen molar-refractivity contribution in [3.63, 3.8) is 0 Å². The first-order chi connectivity index (χ1) is 10.1. The molecule has 1 heterocycles. The van der Waals surface area contributed by atoms with Crippen molar-refractivity contribution in [2.45, 2.75) is 63.6 Å². The van der Waals surface area contributed by atoms with Gasteiger partial charge in [0, 0.05) is 13.0 Å². The summed E-state index contributed by atoms with van der Waals surface area (Å²) in [7, 11) is 0. The van der Waals surface area contributed by atoms with Crippen molar-refractivity contribution in [3.05, 3.63) is 0 Å². The fourth-order valence-corrected chi connectivity index (χ4v) is 3.42. The minimum atomic E-state index is -0.521. The fourth-order valence-electron chi connectivity index (χ4n) is 3.42. The zero-order valence-electron chi connectivity index (χ0n) is 12.8. The number of hydrogen-bond acceptors (Lipinski definition) is 4. The Bertz CT molecular complexity index is 369. The third-order valence-corrected chi connectivity index (χ3v) is 4.53. The van der Waals surface area contributed by atoms with E-state index in [2.05, 4.69) is 15.5 Å². The third-order valence-electron chi connectivity index (χ3n) is 4.53. The molecule has 0 aromatic carbocycles. The number of aliphatic hydroxyl groups is 1. The first-order valence-corrected chi connectivity index (χ1v) is 8.04. The van der Waals surface area contributed by atoms with Crippen molar-refractivity contribution in [3.8, 4) is 0 Å². The molecule has 6 nitrogen and oxygen atoms in total. The van der Waals surface area contributed by atoms with Crippen LogP contribution >= 0.6 is 0 Å². The predicted molar refractivity (Wildman–Crippen MR) is 79.7 cm³/mol. The maximum atomic E-state index is 11.9. The van der Waals surface area contributed by atoms with Gasteiger partial charge < -0.3 is 15.7 Å². The van der Waals surface area contributed by atoms with Gasteiger partial charge in [-0.25, -0.2) is 0 Å². The van der Waals surface area contributed by atoms with E-state index in [0.29, 0.717) is 0 Å². The lowest BCUT2D eigenvalue weighted by Crippen LogP contribution is -2.53. The molecule has 1 aliphatic heterocycles. The molecule has 2 aliphatic rings. The highest BCUT2D eigenvalue weighted by atomic mass is 16.3. The van der Waals surface area contributed by atoms with Crippen LogP contribution in [-0.2, 0) is 9.59 Å². The van der Waals surface area contributed by atoms with Crippen LogP contribution in [0.4, 0.5) is 0 Å². The number of likely N-dealkylation sites (tertiary alicyclic amines) is 1. The van der Waals surface area contributed by atoms with Crippen LogP contribution in [-0.4, -0.2) is 59.6 Å².